The Morgan fingerprint density at radius 1 is 1.19 bits per heavy atom. The number of nitrogens with one attached hydrogen (secondary N) is 2. The Bertz CT molecular complexity index is 547. The first kappa shape index (κ1) is 26.1. The lowest BCUT2D eigenvalue weighted by Crippen LogP contribution is -2.41. The van der Waals surface area contributed by atoms with Crippen molar-refractivity contribution in [3.05, 3.63) is 17.0 Å². The zero-order chi connectivity index (χ0) is 19.4. The monoisotopic (exact) mass is 494 g/mol. The fourth-order valence-corrected chi connectivity index (χ4v) is 3.03. The summed E-state index contributed by atoms with van der Waals surface area (Å²) in [7, 11) is 5.91. The van der Waals surface area contributed by atoms with E-state index in [2.05, 4.69) is 48.5 Å². The minimum Gasteiger partial charge on any atom is -0.385 e. The van der Waals surface area contributed by atoms with E-state index in [0.717, 1.165) is 63.7 Å². The Labute approximate surface area is 182 Å². The second-order valence-corrected chi connectivity index (χ2v) is 6.47. The van der Waals surface area contributed by atoms with Crippen LogP contribution in [0, 0.1) is 0 Å². The standard InChI is InChI=1S/C19H38N6O.HI/c1-7-17-16(18(8-2)25(5)23-17)15-22-19(20-9-3)21-11-13-24(4)12-10-14-26-6;/h7-15H2,1-6H3,(H2,20,21,22);1H. The summed E-state index contributed by atoms with van der Waals surface area (Å²) in [5.41, 5.74) is 3.70. The molecule has 0 fully saturated rings. The number of aliphatic imine (C=N–C) groups is 1. The summed E-state index contributed by atoms with van der Waals surface area (Å²) in [6, 6.07) is 0. The van der Waals surface area contributed by atoms with Crippen molar-refractivity contribution in [2.45, 2.75) is 46.6 Å². The van der Waals surface area contributed by atoms with Crippen LogP contribution in [0.25, 0.3) is 0 Å². The zero-order valence-electron chi connectivity index (χ0n) is 18.0. The molecule has 27 heavy (non-hydrogen) atoms. The van der Waals surface area contributed by atoms with Gasteiger partial charge in [-0.25, -0.2) is 4.99 Å². The number of hydrogen-bond donors (Lipinski definition) is 2. The van der Waals surface area contributed by atoms with E-state index in [1.807, 2.05) is 11.7 Å². The van der Waals surface area contributed by atoms with Crippen LogP contribution >= 0.6 is 24.0 Å². The number of ether oxygens (including phenoxy) is 1. The number of aryl methyl sites for hydroxylation is 2. The van der Waals surface area contributed by atoms with Gasteiger partial charge in [0.1, 0.15) is 0 Å². The zero-order valence-corrected chi connectivity index (χ0v) is 20.3. The molecule has 0 atom stereocenters. The quantitative estimate of drug-likeness (QED) is 0.202. The minimum absolute atomic E-state index is 0. The van der Waals surface area contributed by atoms with E-state index in [1.165, 1.54) is 11.3 Å². The lowest BCUT2D eigenvalue weighted by molar-refractivity contribution is 0.180. The molecule has 7 nitrogen and oxygen atoms in total. The number of guanidine groups is 1. The average Bonchev–Trinajstić information content (AvgIpc) is 2.94. The summed E-state index contributed by atoms with van der Waals surface area (Å²) in [5.74, 6) is 0.866. The Morgan fingerprint density at radius 3 is 2.52 bits per heavy atom. The fraction of sp³-hybridized carbons (Fsp3) is 0.789. The second kappa shape index (κ2) is 15.1. The van der Waals surface area contributed by atoms with Crippen molar-refractivity contribution in [2.75, 3.05) is 46.9 Å². The van der Waals surface area contributed by atoms with Crippen molar-refractivity contribution in [3.63, 3.8) is 0 Å². The molecule has 8 heteroatoms. The summed E-state index contributed by atoms with van der Waals surface area (Å²) in [4.78, 5) is 7.10. The first-order valence-corrected chi connectivity index (χ1v) is 9.80. The lowest BCUT2D eigenvalue weighted by atomic mass is 10.1. The third-order valence-electron chi connectivity index (χ3n) is 4.44. The molecule has 158 valence electrons. The molecule has 0 aliphatic carbocycles. The average molecular weight is 494 g/mol. The maximum atomic E-state index is 5.10. The van der Waals surface area contributed by atoms with Crippen LogP contribution in [0.5, 0.6) is 0 Å². The van der Waals surface area contributed by atoms with Gasteiger partial charge in [-0.2, -0.15) is 5.10 Å². The van der Waals surface area contributed by atoms with E-state index in [9.17, 15) is 0 Å². The van der Waals surface area contributed by atoms with Gasteiger partial charge in [0.25, 0.3) is 0 Å². The van der Waals surface area contributed by atoms with Crippen molar-refractivity contribution >= 4 is 29.9 Å². The SMILES string of the molecule is CCNC(=NCc1c(CC)nn(C)c1CC)NCCN(C)CCCOC.I. The number of halogens is 1. The molecule has 0 aliphatic heterocycles. The molecule has 2 N–H and O–H groups in total. The molecule has 0 unspecified atom stereocenters. The van der Waals surface area contributed by atoms with Crippen LogP contribution in [0.15, 0.2) is 4.99 Å². The number of likely N-dealkylation sites (N-methyl/N-ethyl adjacent to an activating group) is 1. The topological polar surface area (TPSA) is 66.7 Å². The Balaban J connectivity index is 0.00000676. The maximum Gasteiger partial charge on any atom is 0.191 e. The first-order chi connectivity index (χ1) is 12.6. The van der Waals surface area contributed by atoms with Gasteiger partial charge < -0.3 is 20.3 Å². The summed E-state index contributed by atoms with van der Waals surface area (Å²) in [5, 5.41) is 11.4. The summed E-state index contributed by atoms with van der Waals surface area (Å²) < 4.78 is 7.10. The molecule has 0 aromatic carbocycles. The summed E-state index contributed by atoms with van der Waals surface area (Å²) in [6.45, 7) is 11.6. The predicted octanol–water partition coefficient (Wildman–Crippen LogP) is 2.19. The van der Waals surface area contributed by atoms with Gasteiger partial charge in [-0.05, 0) is 33.2 Å². The van der Waals surface area contributed by atoms with Crippen molar-refractivity contribution in [1.82, 2.24) is 25.3 Å². The number of hydrogen-bond acceptors (Lipinski definition) is 4. The van der Waals surface area contributed by atoms with E-state index in [4.69, 9.17) is 9.73 Å². The molecule has 0 aliphatic rings. The van der Waals surface area contributed by atoms with E-state index in [1.54, 1.807) is 7.11 Å². The normalized spacial score (nSPS) is 11.6. The van der Waals surface area contributed by atoms with Crippen molar-refractivity contribution in [1.29, 1.82) is 0 Å². The van der Waals surface area contributed by atoms with Gasteiger partial charge in [0.2, 0.25) is 0 Å². The molecule has 0 spiro atoms. The van der Waals surface area contributed by atoms with Crippen LogP contribution in [-0.4, -0.2) is 67.6 Å². The number of aromatic nitrogens is 2. The van der Waals surface area contributed by atoms with Gasteiger partial charge in [-0.3, -0.25) is 4.68 Å². The van der Waals surface area contributed by atoms with E-state index < -0.39 is 0 Å². The first-order valence-electron chi connectivity index (χ1n) is 9.80. The van der Waals surface area contributed by atoms with Crippen LogP contribution < -0.4 is 10.6 Å². The van der Waals surface area contributed by atoms with Gasteiger partial charge in [0.15, 0.2) is 5.96 Å². The molecule has 0 amide bonds. The summed E-state index contributed by atoms with van der Waals surface area (Å²) >= 11 is 0. The number of nitrogens with zero attached hydrogens (tertiary/aromatic N) is 4. The van der Waals surface area contributed by atoms with E-state index in [0.29, 0.717) is 6.54 Å². The van der Waals surface area contributed by atoms with Gasteiger partial charge in [-0.15, -0.1) is 24.0 Å². The highest BCUT2D eigenvalue weighted by molar-refractivity contribution is 14.0. The molecule has 0 radical (unpaired) electrons. The Kier molecular flexibility index (Phi) is 14.6. The van der Waals surface area contributed by atoms with Crippen molar-refractivity contribution in [2.24, 2.45) is 12.0 Å². The fourth-order valence-electron chi connectivity index (χ4n) is 3.03. The van der Waals surface area contributed by atoms with Gasteiger partial charge in [-0.1, -0.05) is 13.8 Å². The van der Waals surface area contributed by atoms with Gasteiger partial charge in [0, 0.05) is 58.2 Å². The minimum atomic E-state index is 0. The second-order valence-electron chi connectivity index (χ2n) is 6.47. The highest BCUT2D eigenvalue weighted by Crippen LogP contribution is 2.16. The van der Waals surface area contributed by atoms with E-state index >= 15 is 0 Å². The van der Waals surface area contributed by atoms with Crippen LogP contribution in [0.2, 0.25) is 0 Å². The molecule has 1 aromatic rings. The maximum absolute atomic E-state index is 5.10. The number of methoxy groups -OCH3 is 1. The molecule has 1 heterocycles. The third-order valence-corrected chi connectivity index (χ3v) is 4.44. The smallest absolute Gasteiger partial charge is 0.191 e. The molecule has 0 saturated heterocycles. The van der Waals surface area contributed by atoms with Gasteiger partial charge >= 0.3 is 0 Å². The van der Waals surface area contributed by atoms with Crippen LogP contribution in [-0.2, 0) is 31.2 Å². The van der Waals surface area contributed by atoms with Gasteiger partial charge in [0.05, 0.1) is 12.2 Å². The largest absolute Gasteiger partial charge is 0.385 e. The summed E-state index contributed by atoms with van der Waals surface area (Å²) in [6.07, 6.45) is 2.97. The lowest BCUT2D eigenvalue weighted by Gasteiger charge is -2.18. The molecule has 1 rings (SSSR count). The highest BCUT2D eigenvalue weighted by atomic mass is 127. The molecular formula is C19H39IN6O. The third kappa shape index (κ3) is 9.25. The highest BCUT2D eigenvalue weighted by Gasteiger charge is 2.13. The number of rotatable bonds is 12. The van der Waals surface area contributed by atoms with Crippen LogP contribution in [0.3, 0.4) is 0 Å². The molecule has 1 aromatic heterocycles. The molecular weight excluding hydrogens is 455 g/mol. The molecule has 0 saturated carbocycles. The van der Waals surface area contributed by atoms with E-state index in [-0.39, 0.29) is 24.0 Å². The van der Waals surface area contributed by atoms with Crippen LogP contribution in [0.1, 0.15) is 44.1 Å². The van der Waals surface area contributed by atoms with Crippen molar-refractivity contribution in [3.8, 4) is 0 Å². The molecule has 0 bridgehead atoms. The van der Waals surface area contributed by atoms with Crippen LogP contribution in [0.4, 0.5) is 0 Å². The van der Waals surface area contributed by atoms with Crippen molar-refractivity contribution < 1.29 is 4.74 Å². The Morgan fingerprint density at radius 2 is 1.93 bits per heavy atom. The predicted molar refractivity (Wildman–Crippen MR) is 124 cm³/mol. The Hall–Kier alpha value is -0.870.